The van der Waals surface area contributed by atoms with E-state index in [4.69, 9.17) is 0 Å². The molecule has 0 aliphatic heterocycles. The zero-order valence-electron chi connectivity index (χ0n) is 7.29. The van der Waals surface area contributed by atoms with Gasteiger partial charge in [-0.1, -0.05) is 32.9 Å². The van der Waals surface area contributed by atoms with Crippen LogP contribution in [0.15, 0.2) is 23.8 Å². The fraction of sp³-hybridized carbons (Fsp3) is 0.500. The summed E-state index contributed by atoms with van der Waals surface area (Å²) in [6.45, 7) is 6.23. The van der Waals surface area contributed by atoms with Crippen molar-refractivity contribution in [1.29, 1.82) is 0 Å². The Morgan fingerprint density at radius 3 is 2.55 bits per heavy atom. The Labute approximate surface area is 67.8 Å². The highest BCUT2D eigenvalue weighted by atomic mass is 16.1. The number of ketones is 1. The average molecular weight is 150 g/mol. The second kappa shape index (κ2) is 3.04. The lowest BCUT2D eigenvalue weighted by molar-refractivity contribution is -0.111. The molecular weight excluding hydrogens is 136 g/mol. The van der Waals surface area contributed by atoms with Crippen LogP contribution in [0, 0.1) is 11.8 Å². The molecule has 0 amide bonds. The summed E-state index contributed by atoms with van der Waals surface area (Å²) < 4.78 is 0. The van der Waals surface area contributed by atoms with Crippen LogP contribution < -0.4 is 0 Å². The number of carbonyl (C=O) groups excluding carboxylic acids is 1. The standard InChI is InChI=1S/C10H14O/c1-7(2)6-9-8(3)4-5-10(9)11/h4-8H,1-3H3/b9-6+. The number of hydrogen-bond acceptors (Lipinski definition) is 1. The van der Waals surface area contributed by atoms with E-state index in [-0.39, 0.29) is 5.78 Å². The van der Waals surface area contributed by atoms with Gasteiger partial charge in [0, 0.05) is 11.5 Å². The molecule has 0 fully saturated rings. The minimum absolute atomic E-state index is 0.186. The molecule has 60 valence electrons. The van der Waals surface area contributed by atoms with Crippen molar-refractivity contribution in [1.82, 2.24) is 0 Å². The molecule has 1 aliphatic carbocycles. The molecule has 0 bridgehead atoms. The summed E-state index contributed by atoms with van der Waals surface area (Å²) in [7, 11) is 0. The van der Waals surface area contributed by atoms with Crippen LogP contribution in [0.4, 0.5) is 0 Å². The van der Waals surface area contributed by atoms with Gasteiger partial charge in [0.05, 0.1) is 0 Å². The monoisotopic (exact) mass is 150 g/mol. The van der Waals surface area contributed by atoms with Gasteiger partial charge in [-0.15, -0.1) is 0 Å². The van der Waals surface area contributed by atoms with E-state index in [1.54, 1.807) is 6.08 Å². The third-order valence-electron chi connectivity index (χ3n) is 1.82. The molecule has 0 saturated carbocycles. The first-order valence-corrected chi connectivity index (χ1v) is 4.05. The van der Waals surface area contributed by atoms with Crippen LogP contribution in [-0.4, -0.2) is 5.78 Å². The molecule has 0 radical (unpaired) electrons. The molecule has 11 heavy (non-hydrogen) atoms. The summed E-state index contributed by atoms with van der Waals surface area (Å²) in [5.41, 5.74) is 0.958. The third kappa shape index (κ3) is 1.79. The Hall–Kier alpha value is -0.850. The van der Waals surface area contributed by atoms with Gasteiger partial charge < -0.3 is 0 Å². The van der Waals surface area contributed by atoms with Crippen LogP contribution in [0.1, 0.15) is 20.8 Å². The fourth-order valence-electron chi connectivity index (χ4n) is 1.25. The SMILES string of the molecule is CC(C)/C=C1/C(=O)C=CC1C. The number of carbonyl (C=O) groups is 1. The Morgan fingerprint density at radius 2 is 2.18 bits per heavy atom. The molecule has 1 nitrogen and oxygen atoms in total. The van der Waals surface area contributed by atoms with E-state index in [1.807, 2.05) is 12.2 Å². The lowest BCUT2D eigenvalue weighted by atomic mass is 10.00. The van der Waals surface area contributed by atoms with Crippen LogP contribution in [0.2, 0.25) is 0 Å². The van der Waals surface area contributed by atoms with E-state index in [1.165, 1.54) is 0 Å². The van der Waals surface area contributed by atoms with E-state index in [9.17, 15) is 4.79 Å². The molecule has 0 aromatic rings. The summed E-state index contributed by atoms with van der Waals surface area (Å²) in [6.07, 6.45) is 5.67. The van der Waals surface area contributed by atoms with Crippen LogP contribution in [0.5, 0.6) is 0 Å². The molecule has 0 aromatic carbocycles. The third-order valence-corrected chi connectivity index (χ3v) is 1.82. The highest BCUT2D eigenvalue weighted by Crippen LogP contribution is 2.21. The van der Waals surface area contributed by atoms with Gasteiger partial charge in [0.1, 0.15) is 0 Å². The minimum atomic E-state index is 0.186. The van der Waals surface area contributed by atoms with Crippen LogP contribution in [0.3, 0.4) is 0 Å². The number of allylic oxidation sites excluding steroid dienone is 4. The Kier molecular flexibility index (Phi) is 2.28. The number of rotatable bonds is 1. The van der Waals surface area contributed by atoms with Crippen molar-refractivity contribution < 1.29 is 4.79 Å². The molecular formula is C10H14O. The highest BCUT2D eigenvalue weighted by molar-refractivity contribution is 6.07. The van der Waals surface area contributed by atoms with E-state index in [2.05, 4.69) is 20.8 Å². The summed E-state index contributed by atoms with van der Waals surface area (Å²) in [5, 5.41) is 0. The van der Waals surface area contributed by atoms with Gasteiger partial charge in [0.25, 0.3) is 0 Å². The minimum Gasteiger partial charge on any atom is -0.290 e. The summed E-state index contributed by atoms with van der Waals surface area (Å²) in [6, 6.07) is 0. The average Bonchev–Trinajstić information content (AvgIpc) is 2.18. The van der Waals surface area contributed by atoms with Gasteiger partial charge in [-0.05, 0) is 12.0 Å². The van der Waals surface area contributed by atoms with E-state index in [0.717, 1.165) is 5.57 Å². The zero-order chi connectivity index (χ0) is 8.43. The Balaban J connectivity index is 2.81. The molecule has 0 aromatic heterocycles. The predicted octanol–water partition coefficient (Wildman–Crippen LogP) is 2.34. The second-order valence-electron chi connectivity index (χ2n) is 3.38. The van der Waals surface area contributed by atoms with Gasteiger partial charge in [-0.25, -0.2) is 0 Å². The first kappa shape index (κ1) is 8.25. The first-order valence-electron chi connectivity index (χ1n) is 4.05. The van der Waals surface area contributed by atoms with Crippen molar-refractivity contribution in [2.45, 2.75) is 20.8 Å². The van der Waals surface area contributed by atoms with Gasteiger partial charge in [-0.2, -0.15) is 0 Å². The lowest BCUT2D eigenvalue weighted by Gasteiger charge is -2.04. The van der Waals surface area contributed by atoms with Gasteiger partial charge in [0.2, 0.25) is 0 Å². The molecule has 1 atom stereocenters. The largest absolute Gasteiger partial charge is 0.290 e. The Bertz CT molecular complexity index is 221. The van der Waals surface area contributed by atoms with Crippen molar-refractivity contribution in [2.24, 2.45) is 11.8 Å². The molecule has 1 aliphatic rings. The summed E-state index contributed by atoms with van der Waals surface area (Å²) >= 11 is 0. The van der Waals surface area contributed by atoms with Crippen molar-refractivity contribution in [3.8, 4) is 0 Å². The molecule has 1 heteroatoms. The van der Waals surface area contributed by atoms with Gasteiger partial charge in [-0.3, -0.25) is 4.79 Å². The normalized spacial score (nSPS) is 27.5. The molecule has 1 unspecified atom stereocenters. The molecule has 0 N–H and O–H groups in total. The quantitative estimate of drug-likeness (QED) is 0.524. The molecule has 0 saturated heterocycles. The maximum absolute atomic E-state index is 11.2. The summed E-state index contributed by atoms with van der Waals surface area (Å²) in [5.74, 6) is 0.979. The lowest BCUT2D eigenvalue weighted by Crippen LogP contribution is -2.00. The van der Waals surface area contributed by atoms with E-state index in [0.29, 0.717) is 11.8 Å². The van der Waals surface area contributed by atoms with Crippen LogP contribution >= 0.6 is 0 Å². The first-order chi connectivity index (χ1) is 5.11. The Morgan fingerprint density at radius 1 is 1.55 bits per heavy atom. The van der Waals surface area contributed by atoms with Crippen LogP contribution in [-0.2, 0) is 4.79 Å². The van der Waals surface area contributed by atoms with Crippen molar-refractivity contribution in [3.63, 3.8) is 0 Å². The molecule has 0 heterocycles. The molecule has 0 spiro atoms. The van der Waals surface area contributed by atoms with Crippen molar-refractivity contribution in [3.05, 3.63) is 23.8 Å². The van der Waals surface area contributed by atoms with Crippen LogP contribution in [0.25, 0.3) is 0 Å². The van der Waals surface area contributed by atoms with Gasteiger partial charge >= 0.3 is 0 Å². The predicted molar refractivity (Wildman–Crippen MR) is 46.2 cm³/mol. The topological polar surface area (TPSA) is 17.1 Å². The van der Waals surface area contributed by atoms with E-state index < -0.39 is 0 Å². The fourth-order valence-corrected chi connectivity index (χ4v) is 1.25. The van der Waals surface area contributed by atoms with Gasteiger partial charge in [0.15, 0.2) is 5.78 Å². The maximum atomic E-state index is 11.2. The second-order valence-corrected chi connectivity index (χ2v) is 3.38. The number of hydrogen-bond donors (Lipinski definition) is 0. The summed E-state index contributed by atoms with van der Waals surface area (Å²) in [4.78, 5) is 11.2. The zero-order valence-corrected chi connectivity index (χ0v) is 7.29. The van der Waals surface area contributed by atoms with Crippen molar-refractivity contribution >= 4 is 5.78 Å². The van der Waals surface area contributed by atoms with E-state index >= 15 is 0 Å². The molecule has 1 rings (SSSR count). The van der Waals surface area contributed by atoms with Crippen molar-refractivity contribution in [2.75, 3.05) is 0 Å². The highest BCUT2D eigenvalue weighted by Gasteiger charge is 2.18. The smallest absolute Gasteiger partial charge is 0.181 e. The maximum Gasteiger partial charge on any atom is 0.181 e.